The Labute approximate surface area is 582 Å². The minimum Gasteiger partial charge on any atom is -0.756 e. The van der Waals surface area contributed by atoms with Gasteiger partial charge in [-0.2, -0.15) is 0 Å². The predicted molar refractivity (Wildman–Crippen MR) is 408 cm³/mol. The molecule has 0 aliphatic rings. The molecule has 0 aromatic rings. The number of nitrogens with zero attached hydrogens (tertiary/aromatic N) is 1. The third-order valence-corrected chi connectivity index (χ3v) is 20.5. The van der Waals surface area contributed by atoms with Crippen LogP contribution in [0.15, 0.2) is 36.5 Å². The number of phosphoric acid groups is 1. The summed E-state index contributed by atoms with van der Waals surface area (Å²) in [7, 11) is 1.27. The summed E-state index contributed by atoms with van der Waals surface area (Å²) in [5, 5.41) is 14.0. The highest BCUT2D eigenvalue weighted by molar-refractivity contribution is 7.45. The van der Waals surface area contributed by atoms with Crippen LogP contribution >= 0.6 is 7.82 Å². The van der Waals surface area contributed by atoms with Gasteiger partial charge < -0.3 is 28.8 Å². The van der Waals surface area contributed by atoms with Gasteiger partial charge in [-0.05, 0) is 57.8 Å². The number of aliphatic hydroxyl groups is 1. The third kappa shape index (κ3) is 77.9. The fourth-order valence-corrected chi connectivity index (χ4v) is 13.8. The maximum absolute atomic E-state index is 13.1. The molecule has 0 saturated heterocycles. The van der Waals surface area contributed by atoms with Crippen LogP contribution in [0.2, 0.25) is 0 Å². The van der Waals surface area contributed by atoms with Crippen LogP contribution in [0.5, 0.6) is 0 Å². The molecule has 2 N–H and O–H groups in total. The Morgan fingerprint density at radius 1 is 0.366 bits per heavy atom. The summed E-state index contributed by atoms with van der Waals surface area (Å²) in [5.74, 6) is -0.197. The molecule has 0 aliphatic heterocycles. The average Bonchev–Trinajstić information content (AvgIpc) is 1.94. The van der Waals surface area contributed by atoms with Crippen molar-refractivity contribution in [3.63, 3.8) is 0 Å². The number of unbranched alkanes of at least 4 members (excludes halogenated alkanes) is 62. The van der Waals surface area contributed by atoms with Gasteiger partial charge in [0.2, 0.25) is 5.91 Å². The number of carbonyl (C=O) groups excluding carboxylic acids is 1. The monoisotopic (exact) mass is 1330 g/mol. The topological polar surface area (TPSA) is 108 Å². The number of phosphoric ester groups is 1. The van der Waals surface area contributed by atoms with Crippen molar-refractivity contribution in [2.45, 2.75) is 456 Å². The van der Waals surface area contributed by atoms with E-state index in [0.29, 0.717) is 17.4 Å². The quantitative estimate of drug-likeness (QED) is 0.0272. The van der Waals surface area contributed by atoms with Crippen LogP contribution in [0.3, 0.4) is 0 Å². The van der Waals surface area contributed by atoms with E-state index in [9.17, 15) is 19.4 Å². The van der Waals surface area contributed by atoms with Gasteiger partial charge in [0.25, 0.3) is 7.82 Å². The van der Waals surface area contributed by atoms with Crippen LogP contribution in [-0.4, -0.2) is 68.5 Å². The van der Waals surface area contributed by atoms with Crippen molar-refractivity contribution in [3.8, 4) is 0 Å². The highest BCUT2D eigenvalue weighted by Crippen LogP contribution is 2.38. The molecule has 3 unspecified atom stereocenters. The lowest BCUT2D eigenvalue weighted by Crippen LogP contribution is -2.45. The maximum atomic E-state index is 13.1. The van der Waals surface area contributed by atoms with Gasteiger partial charge in [-0.25, -0.2) is 0 Å². The van der Waals surface area contributed by atoms with Gasteiger partial charge >= 0.3 is 0 Å². The molecule has 0 radical (unpaired) electrons. The van der Waals surface area contributed by atoms with Gasteiger partial charge in [0.15, 0.2) is 0 Å². The van der Waals surface area contributed by atoms with E-state index >= 15 is 0 Å². The van der Waals surface area contributed by atoms with Crippen molar-refractivity contribution in [1.82, 2.24) is 5.32 Å². The second kappa shape index (κ2) is 74.9. The lowest BCUT2D eigenvalue weighted by atomic mass is 10.0. The lowest BCUT2D eigenvalue weighted by molar-refractivity contribution is -0.870. The fourth-order valence-electron chi connectivity index (χ4n) is 13.1. The van der Waals surface area contributed by atoms with E-state index in [0.717, 1.165) is 38.5 Å². The fraction of sp³-hybridized carbons (Fsp3) is 0.917. The predicted octanol–water partition coefficient (Wildman–Crippen LogP) is 26.9. The first-order chi connectivity index (χ1) is 45.5. The molecule has 552 valence electrons. The van der Waals surface area contributed by atoms with Crippen LogP contribution in [0.1, 0.15) is 444 Å². The maximum Gasteiger partial charge on any atom is 0.268 e. The highest BCUT2D eigenvalue weighted by Gasteiger charge is 2.23. The molecule has 0 aromatic carbocycles. The number of hydrogen-bond acceptors (Lipinski definition) is 6. The SMILES string of the molecule is CCCCCCCCCC/C=C\CCCCCCCCCCCCCCCCCCCCCCCCCCCCCC(=O)NC(COP(=O)([O-])OCC[N+](C)(C)C)C(O)/C=C/CC/C=C/CCCCCCCCCCCCCCCCCCCCCCCCCCCC. The first kappa shape index (κ1) is 91.7. The van der Waals surface area contributed by atoms with Crippen molar-refractivity contribution in [1.29, 1.82) is 0 Å². The summed E-state index contributed by atoms with van der Waals surface area (Å²) in [4.78, 5) is 25.7. The number of carbonyl (C=O) groups is 1. The molecule has 0 fully saturated rings. The number of likely N-dealkylation sites (N-methyl/N-ethyl adjacent to an activating group) is 1. The van der Waals surface area contributed by atoms with E-state index in [1.165, 1.54) is 385 Å². The van der Waals surface area contributed by atoms with Gasteiger partial charge in [-0.3, -0.25) is 9.36 Å². The Kier molecular flexibility index (Phi) is 73.9. The molecule has 0 bridgehead atoms. The largest absolute Gasteiger partial charge is 0.756 e. The highest BCUT2D eigenvalue weighted by atomic mass is 31.2. The van der Waals surface area contributed by atoms with Crippen LogP contribution in [0, 0.1) is 0 Å². The smallest absolute Gasteiger partial charge is 0.268 e. The van der Waals surface area contributed by atoms with E-state index in [1.807, 2.05) is 27.2 Å². The van der Waals surface area contributed by atoms with Crippen LogP contribution in [0.4, 0.5) is 0 Å². The van der Waals surface area contributed by atoms with Gasteiger partial charge in [0, 0.05) is 6.42 Å². The normalized spacial score (nSPS) is 13.6. The zero-order chi connectivity index (χ0) is 67.6. The first-order valence-electron chi connectivity index (χ1n) is 41.9. The summed E-state index contributed by atoms with van der Waals surface area (Å²) >= 11 is 0. The standard InChI is InChI=1S/C84H165N2O6P/c1-6-8-10-12-14-16-18-20-22-24-26-28-30-32-34-36-38-40-41-42-43-44-45-46-48-50-52-54-56-58-60-62-64-66-68-70-72-74-76-78-84(88)85-82(81-92-93(89,90)91-80-79-86(3,4)5)83(87)77-75-73-71-69-67-65-63-61-59-57-55-53-51-49-47-39-37-35-33-31-29-27-25-23-21-19-17-15-13-11-9-7-2/h24,26,67,69,75,77,82-83,87H,6-23,25,27-66,68,70-74,76,78-81H2,1-5H3,(H-,85,88,89,90)/b26-24-,69-67+,77-75+. The Bertz CT molecular complexity index is 1610. The number of amides is 1. The van der Waals surface area contributed by atoms with Gasteiger partial charge in [0.1, 0.15) is 13.2 Å². The number of allylic oxidation sites excluding steroid dienone is 5. The van der Waals surface area contributed by atoms with E-state index in [1.54, 1.807) is 6.08 Å². The molecule has 0 spiro atoms. The van der Waals surface area contributed by atoms with E-state index in [2.05, 4.69) is 43.5 Å². The molecule has 0 saturated carbocycles. The molecule has 0 rings (SSSR count). The molecule has 93 heavy (non-hydrogen) atoms. The van der Waals surface area contributed by atoms with Crippen LogP contribution < -0.4 is 10.2 Å². The lowest BCUT2D eigenvalue weighted by Gasteiger charge is -2.29. The van der Waals surface area contributed by atoms with Crippen LogP contribution in [-0.2, 0) is 18.4 Å². The summed E-state index contributed by atoms with van der Waals surface area (Å²) < 4.78 is 23.5. The van der Waals surface area contributed by atoms with Crippen LogP contribution in [0.25, 0.3) is 0 Å². The number of rotatable bonds is 79. The summed E-state index contributed by atoms with van der Waals surface area (Å²) in [6, 6.07) is -0.904. The first-order valence-corrected chi connectivity index (χ1v) is 43.3. The molecule has 1 amide bonds. The minimum atomic E-state index is -4.62. The Balaban J connectivity index is 3.93. The molecule has 3 atom stereocenters. The number of nitrogens with one attached hydrogen (secondary N) is 1. The molecular formula is C84H165N2O6P. The Hall–Kier alpha value is -1.28. The van der Waals surface area contributed by atoms with Crippen molar-refractivity contribution in [2.75, 3.05) is 40.9 Å². The van der Waals surface area contributed by atoms with Gasteiger partial charge in [-0.1, -0.05) is 416 Å². The number of quaternary nitrogens is 1. The third-order valence-electron chi connectivity index (χ3n) is 19.6. The van der Waals surface area contributed by atoms with Crippen molar-refractivity contribution in [2.24, 2.45) is 0 Å². The number of aliphatic hydroxyl groups excluding tert-OH is 1. The van der Waals surface area contributed by atoms with Gasteiger partial charge in [0.05, 0.1) is 39.9 Å². The van der Waals surface area contributed by atoms with Gasteiger partial charge in [-0.15, -0.1) is 0 Å². The average molecular weight is 1330 g/mol. The van der Waals surface area contributed by atoms with E-state index in [4.69, 9.17) is 9.05 Å². The van der Waals surface area contributed by atoms with E-state index < -0.39 is 20.0 Å². The second-order valence-corrected chi connectivity index (χ2v) is 31.6. The molecule has 0 heterocycles. The van der Waals surface area contributed by atoms with Crippen molar-refractivity contribution in [3.05, 3.63) is 36.5 Å². The Morgan fingerprint density at radius 2 is 0.602 bits per heavy atom. The molecule has 9 heteroatoms. The molecule has 0 aromatic heterocycles. The summed E-state index contributed by atoms with van der Waals surface area (Å²) in [6.45, 7) is 4.70. The summed E-state index contributed by atoms with van der Waals surface area (Å²) in [5.41, 5.74) is 0. The minimum absolute atomic E-state index is 0.00388. The molecule has 8 nitrogen and oxygen atoms in total. The Morgan fingerprint density at radius 3 is 0.871 bits per heavy atom. The number of hydrogen-bond donors (Lipinski definition) is 2. The molecular weight excluding hydrogens is 1160 g/mol. The van der Waals surface area contributed by atoms with Crippen molar-refractivity contribution < 1.29 is 32.9 Å². The van der Waals surface area contributed by atoms with E-state index in [-0.39, 0.29) is 19.1 Å². The second-order valence-electron chi connectivity index (χ2n) is 30.2. The summed E-state index contributed by atoms with van der Waals surface area (Å²) in [6.07, 6.45) is 102. The zero-order valence-corrected chi connectivity index (χ0v) is 64.4. The zero-order valence-electron chi connectivity index (χ0n) is 63.5. The van der Waals surface area contributed by atoms with Crippen molar-refractivity contribution >= 4 is 13.7 Å². The molecule has 0 aliphatic carbocycles.